The number of nitrogens with two attached hydrogens (primary N) is 2. The van der Waals surface area contributed by atoms with Crippen molar-refractivity contribution in [1.82, 2.24) is 15.0 Å². The minimum absolute atomic E-state index is 0.192. The van der Waals surface area contributed by atoms with Crippen molar-refractivity contribution in [1.29, 1.82) is 0 Å². The van der Waals surface area contributed by atoms with Gasteiger partial charge in [-0.15, -0.1) is 0 Å². The molecule has 2 heterocycles. The molecule has 23 heavy (non-hydrogen) atoms. The normalized spacial score (nSPS) is 11.3. The van der Waals surface area contributed by atoms with E-state index in [0.29, 0.717) is 5.82 Å². The van der Waals surface area contributed by atoms with Gasteiger partial charge < -0.3 is 16.5 Å². The van der Waals surface area contributed by atoms with E-state index in [2.05, 4.69) is 46.1 Å². The Hall–Kier alpha value is -3.08. The predicted octanol–water partition coefficient (Wildman–Crippen LogP) is 3.50. The smallest absolute Gasteiger partial charge is 0.222 e. The summed E-state index contributed by atoms with van der Waals surface area (Å²) < 4.78 is 0. The number of H-pyrrole nitrogens is 1. The number of nitrogens with zero attached hydrogens (tertiary/aromatic N) is 2. The quantitative estimate of drug-likeness (QED) is 0.528. The topological polar surface area (TPSA) is 93.6 Å². The molecule has 0 bridgehead atoms. The summed E-state index contributed by atoms with van der Waals surface area (Å²) in [5, 5.41) is 1.85. The minimum Gasteiger partial charge on any atom is -0.383 e. The maximum absolute atomic E-state index is 6.06. The molecular formula is C18H17N5. The SMILES string of the molecule is CCc1ccc(-c2cc3nc(N)nc(N)c3c3cc[nH]c23)cc1. The summed E-state index contributed by atoms with van der Waals surface area (Å²) >= 11 is 0. The van der Waals surface area contributed by atoms with Crippen molar-refractivity contribution in [2.45, 2.75) is 13.3 Å². The Morgan fingerprint density at radius 1 is 1.04 bits per heavy atom. The monoisotopic (exact) mass is 303 g/mol. The molecule has 0 aliphatic carbocycles. The number of aromatic nitrogens is 3. The largest absolute Gasteiger partial charge is 0.383 e. The molecule has 4 aromatic rings. The molecule has 0 radical (unpaired) electrons. The van der Waals surface area contributed by atoms with Gasteiger partial charge in [-0.2, -0.15) is 4.98 Å². The summed E-state index contributed by atoms with van der Waals surface area (Å²) in [5.74, 6) is 0.599. The van der Waals surface area contributed by atoms with Crippen LogP contribution in [0.3, 0.4) is 0 Å². The van der Waals surface area contributed by atoms with E-state index in [-0.39, 0.29) is 5.95 Å². The summed E-state index contributed by atoms with van der Waals surface area (Å²) in [4.78, 5) is 11.8. The number of benzene rings is 2. The molecule has 0 saturated heterocycles. The zero-order valence-corrected chi connectivity index (χ0v) is 12.8. The molecule has 0 aliphatic rings. The van der Waals surface area contributed by atoms with Crippen LogP contribution in [0.2, 0.25) is 0 Å². The van der Waals surface area contributed by atoms with Gasteiger partial charge in [-0.1, -0.05) is 31.2 Å². The van der Waals surface area contributed by atoms with Gasteiger partial charge >= 0.3 is 0 Å². The molecule has 0 saturated carbocycles. The van der Waals surface area contributed by atoms with Crippen LogP contribution in [0.5, 0.6) is 0 Å². The fraction of sp³-hybridized carbons (Fsp3) is 0.111. The van der Waals surface area contributed by atoms with Gasteiger partial charge in [0.2, 0.25) is 5.95 Å². The maximum Gasteiger partial charge on any atom is 0.222 e. The standard InChI is InChI=1S/C18H17N5/c1-2-10-3-5-11(6-4-10)13-9-14-15(12-7-8-21-16(12)13)17(19)23-18(20)22-14/h3-9,21H,2H2,1H3,(H4,19,20,22,23). The third-order valence-electron chi connectivity index (χ3n) is 4.22. The fourth-order valence-electron chi connectivity index (χ4n) is 3.05. The first-order valence-corrected chi connectivity index (χ1v) is 7.59. The van der Waals surface area contributed by atoms with Crippen molar-refractivity contribution in [2.75, 3.05) is 11.5 Å². The number of anilines is 2. The van der Waals surface area contributed by atoms with Gasteiger partial charge in [-0.05, 0) is 29.7 Å². The van der Waals surface area contributed by atoms with Crippen molar-refractivity contribution < 1.29 is 0 Å². The number of hydrogen-bond donors (Lipinski definition) is 3. The highest BCUT2D eigenvalue weighted by molar-refractivity contribution is 6.15. The van der Waals surface area contributed by atoms with Gasteiger partial charge in [0.25, 0.3) is 0 Å². The molecule has 114 valence electrons. The van der Waals surface area contributed by atoms with Gasteiger partial charge in [-0.3, -0.25) is 0 Å². The van der Waals surface area contributed by atoms with E-state index in [4.69, 9.17) is 11.5 Å². The fourth-order valence-corrected chi connectivity index (χ4v) is 3.05. The van der Waals surface area contributed by atoms with Crippen molar-refractivity contribution in [2.24, 2.45) is 0 Å². The van der Waals surface area contributed by atoms with Crippen LogP contribution < -0.4 is 11.5 Å². The molecule has 5 N–H and O–H groups in total. The summed E-state index contributed by atoms with van der Waals surface area (Å²) in [6.45, 7) is 2.15. The highest BCUT2D eigenvalue weighted by Gasteiger charge is 2.13. The third-order valence-corrected chi connectivity index (χ3v) is 4.22. The van der Waals surface area contributed by atoms with E-state index < -0.39 is 0 Å². The predicted molar refractivity (Wildman–Crippen MR) is 95.0 cm³/mol. The first kappa shape index (κ1) is 13.6. The van der Waals surface area contributed by atoms with Crippen molar-refractivity contribution in [3.05, 3.63) is 48.2 Å². The lowest BCUT2D eigenvalue weighted by Gasteiger charge is -2.10. The van der Waals surface area contributed by atoms with Crippen LogP contribution in [0.25, 0.3) is 32.9 Å². The average molecular weight is 303 g/mol. The summed E-state index contributed by atoms with van der Waals surface area (Å²) in [6, 6.07) is 12.6. The maximum atomic E-state index is 6.06. The Morgan fingerprint density at radius 3 is 2.57 bits per heavy atom. The molecule has 0 unspecified atom stereocenters. The first-order valence-electron chi connectivity index (χ1n) is 7.59. The molecular weight excluding hydrogens is 286 g/mol. The van der Waals surface area contributed by atoms with Crippen LogP contribution in [-0.4, -0.2) is 15.0 Å². The van der Waals surface area contributed by atoms with E-state index >= 15 is 0 Å². The molecule has 0 amide bonds. The Labute approximate surface area is 133 Å². The summed E-state index contributed by atoms with van der Waals surface area (Å²) in [7, 11) is 0. The number of nitrogen functional groups attached to an aromatic ring is 2. The van der Waals surface area contributed by atoms with E-state index in [1.807, 2.05) is 18.3 Å². The minimum atomic E-state index is 0.192. The van der Waals surface area contributed by atoms with E-state index in [1.54, 1.807) is 0 Å². The number of rotatable bonds is 2. The summed E-state index contributed by atoms with van der Waals surface area (Å²) in [5.41, 5.74) is 17.1. The van der Waals surface area contributed by atoms with Crippen molar-refractivity contribution >= 4 is 33.6 Å². The lowest BCUT2D eigenvalue weighted by Crippen LogP contribution is -2.01. The van der Waals surface area contributed by atoms with E-state index in [0.717, 1.165) is 39.4 Å². The average Bonchev–Trinajstić information content (AvgIpc) is 3.03. The number of aromatic amines is 1. The Morgan fingerprint density at radius 2 is 1.83 bits per heavy atom. The van der Waals surface area contributed by atoms with Crippen molar-refractivity contribution in [3.8, 4) is 11.1 Å². The van der Waals surface area contributed by atoms with Gasteiger partial charge in [0.1, 0.15) is 5.82 Å². The Kier molecular flexibility index (Phi) is 2.94. The first-order chi connectivity index (χ1) is 11.2. The molecule has 4 rings (SSSR count). The second-order valence-electron chi connectivity index (χ2n) is 5.60. The number of nitrogens with one attached hydrogen (secondary N) is 1. The zero-order valence-electron chi connectivity index (χ0n) is 12.8. The second kappa shape index (κ2) is 4.98. The molecule has 2 aromatic heterocycles. The van der Waals surface area contributed by atoms with E-state index in [9.17, 15) is 0 Å². The molecule has 0 fully saturated rings. The van der Waals surface area contributed by atoms with Crippen LogP contribution in [0.15, 0.2) is 42.6 Å². The van der Waals surface area contributed by atoms with Gasteiger partial charge in [0.05, 0.1) is 16.4 Å². The number of fused-ring (bicyclic) bond motifs is 3. The number of aryl methyl sites for hydroxylation is 1. The summed E-state index contributed by atoms with van der Waals surface area (Å²) in [6.07, 6.45) is 2.93. The van der Waals surface area contributed by atoms with Gasteiger partial charge in [0, 0.05) is 17.1 Å². The Bertz CT molecular complexity index is 1020. The molecule has 5 nitrogen and oxygen atoms in total. The molecule has 0 spiro atoms. The van der Waals surface area contributed by atoms with E-state index in [1.165, 1.54) is 5.56 Å². The Balaban J connectivity index is 2.06. The van der Waals surface area contributed by atoms with Crippen LogP contribution in [-0.2, 0) is 6.42 Å². The van der Waals surface area contributed by atoms with Gasteiger partial charge in [-0.25, -0.2) is 4.98 Å². The lowest BCUT2D eigenvalue weighted by atomic mass is 9.98. The third kappa shape index (κ3) is 2.09. The van der Waals surface area contributed by atoms with Gasteiger partial charge in [0.15, 0.2) is 0 Å². The lowest BCUT2D eigenvalue weighted by molar-refractivity contribution is 1.14. The zero-order chi connectivity index (χ0) is 16.0. The molecule has 2 aromatic carbocycles. The highest BCUT2D eigenvalue weighted by atomic mass is 15.0. The molecule has 0 aliphatic heterocycles. The second-order valence-corrected chi connectivity index (χ2v) is 5.60. The van der Waals surface area contributed by atoms with Crippen LogP contribution in [0.1, 0.15) is 12.5 Å². The van der Waals surface area contributed by atoms with Crippen LogP contribution in [0.4, 0.5) is 11.8 Å². The molecule has 0 atom stereocenters. The molecule has 5 heteroatoms. The van der Waals surface area contributed by atoms with Crippen molar-refractivity contribution in [3.63, 3.8) is 0 Å². The number of hydrogen-bond acceptors (Lipinski definition) is 4. The van der Waals surface area contributed by atoms with Crippen LogP contribution in [0, 0.1) is 0 Å². The van der Waals surface area contributed by atoms with Crippen LogP contribution >= 0.6 is 0 Å². The highest BCUT2D eigenvalue weighted by Crippen LogP contribution is 2.35.